The van der Waals surface area contributed by atoms with Gasteiger partial charge >= 0.3 is 0 Å². The van der Waals surface area contributed by atoms with Gasteiger partial charge in [-0.1, -0.05) is 64.5 Å². The maximum Gasteiger partial charge on any atom is 0.119 e. The van der Waals surface area contributed by atoms with Crippen molar-refractivity contribution >= 4 is 0 Å². The van der Waals surface area contributed by atoms with Crippen LogP contribution < -0.4 is 4.74 Å². The lowest BCUT2D eigenvalue weighted by molar-refractivity contribution is 0.169. The average Bonchev–Trinajstić information content (AvgIpc) is 2.76. The van der Waals surface area contributed by atoms with E-state index in [9.17, 15) is 0 Å². The fraction of sp³-hybridized carbons (Fsp3) is 0.786. The molecule has 29 heavy (non-hydrogen) atoms. The summed E-state index contributed by atoms with van der Waals surface area (Å²) < 4.78 is 5.60. The summed E-state index contributed by atoms with van der Waals surface area (Å²) in [4.78, 5) is 0. The molecule has 0 saturated heterocycles. The molecule has 1 nitrogen and oxygen atoms in total. The van der Waals surface area contributed by atoms with E-state index in [1.807, 2.05) is 0 Å². The van der Waals surface area contributed by atoms with Crippen LogP contribution in [0.15, 0.2) is 24.3 Å². The number of ether oxygens (including phenoxy) is 1. The Balaban J connectivity index is 1.36. The van der Waals surface area contributed by atoms with Crippen LogP contribution >= 0.6 is 0 Å². The molecule has 1 unspecified atom stereocenters. The highest BCUT2D eigenvalue weighted by Crippen LogP contribution is 2.42. The van der Waals surface area contributed by atoms with E-state index in [4.69, 9.17) is 4.74 Å². The molecule has 2 aliphatic carbocycles. The summed E-state index contributed by atoms with van der Waals surface area (Å²) in [7, 11) is 0. The zero-order valence-electron chi connectivity index (χ0n) is 19.5. The first-order chi connectivity index (χ1) is 14.2. The second kappa shape index (κ2) is 12.0. The maximum atomic E-state index is 5.60. The van der Waals surface area contributed by atoms with Crippen molar-refractivity contribution in [1.82, 2.24) is 0 Å². The first kappa shape index (κ1) is 22.7. The molecule has 1 aromatic rings. The lowest BCUT2D eigenvalue weighted by atomic mass is 9.70. The van der Waals surface area contributed by atoms with Crippen molar-refractivity contribution in [2.24, 2.45) is 23.7 Å². The zero-order valence-corrected chi connectivity index (χ0v) is 19.5. The van der Waals surface area contributed by atoms with Crippen LogP contribution in [0.3, 0.4) is 0 Å². The molecular formula is C28H46O. The predicted octanol–water partition coefficient (Wildman–Crippen LogP) is 8.77. The van der Waals surface area contributed by atoms with E-state index in [0.29, 0.717) is 0 Å². The molecule has 1 atom stereocenters. The number of hydrogen-bond acceptors (Lipinski definition) is 1. The van der Waals surface area contributed by atoms with Gasteiger partial charge in [-0.15, -0.1) is 0 Å². The van der Waals surface area contributed by atoms with Crippen LogP contribution in [0.4, 0.5) is 0 Å². The summed E-state index contributed by atoms with van der Waals surface area (Å²) in [6, 6.07) is 8.92. The van der Waals surface area contributed by atoms with Crippen LogP contribution in [-0.4, -0.2) is 6.61 Å². The molecule has 3 rings (SSSR count). The van der Waals surface area contributed by atoms with Crippen molar-refractivity contribution < 1.29 is 4.74 Å². The molecule has 0 aliphatic heterocycles. The first-order valence-corrected chi connectivity index (χ1v) is 12.9. The summed E-state index contributed by atoms with van der Waals surface area (Å²) in [5.41, 5.74) is 1.53. The van der Waals surface area contributed by atoms with Crippen LogP contribution in [0.1, 0.15) is 116 Å². The fourth-order valence-electron chi connectivity index (χ4n) is 6.18. The third-order valence-electron chi connectivity index (χ3n) is 8.13. The van der Waals surface area contributed by atoms with Crippen LogP contribution in [-0.2, 0) is 0 Å². The first-order valence-electron chi connectivity index (χ1n) is 12.9. The normalized spacial score (nSPS) is 28.8. The highest BCUT2D eigenvalue weighted by atomic mass is 16.5. The van der Waals surface area contributed by atoms with Crippen molar-refractivity contribution in [3.63, 3.8) is 0 Å². The minimum absolute atomic E-state index is 0.753. The molecule has 2 aliphatic rings. The van der Waals surface area contributed by atoms with E-state index in [2.05, 4.69) is 45.0 Å². The zero-order chi connectivity index (χ0) is 20.5. The van der Waals surface area contributed by atoms with Crippen LogP contribution in [0.5, 0.6) is 5.75 Å². The van der Waals surface area contributed by atoms with Gasteiger partial charge in [0.2, 0.25) is 0 Å². The van der Waals surface area contributed by atoms with Crippen molar-refractivity contribution in [2.75, 3.05) is 6.61 Å². The van der Waals surface area contributed by atoms with Crippen molar-refractivity contribution in [2.45, 2.75) is 110 Å². The average molecular weight is 399 g/mol. The van der Waals surface area contributed by atoms with E-state index in [-0.39, 0.29) is 0 Å². The highest BCUT2D eigenvalue weighted by molar-refractivity contribution is 5.29. The van der Waals surface area contributed by atoms with E-state index >= 15 is 0 Å². The van der Waals surface area contributed by atoms with E-state index in [1.165, 1.54) is 89.0 Å². The lowest BCUT2D eigenvalue weighted by Gasteiger charge is -2.36. The minimum atomic E-state index is 0.753. The van der Waals surface area contributed by atoms with Gasteiger partial charge in [0.05, 0.1) is 6.61 Å². The second-order valence-corrected chi connectivity index (χ2v) is 10.2. The monoisotopic (exact) mass is 398 g/mol. The van der Waals surface area contributed by atoms with E-state index < -0.39 is 0 Å². The summed E-state index contributed by atoms with van der Waals surface area (Å²) in [5.74, 6) is 5.77. The van der Waals surface area contributed by atoms with E-state index in [1.54, 1.807) is 0 Å². The Morgan fingerprint density at radius 2 is 1.48 bits per heavy atom. The van der Waals surface area contributed by atoms with Gasteiger partial charge in [0, 0.05) is 0 Å². The van der Waals surface area contributed by atoms with Crippen LogP contribution in [0.2, 0.25) is 0 Å². The molecule has 0 aromatic heterocycles. The van der Waals surface area contributed by atoms with Gasteiger partial charge in [-0.3, -0.25) is 0 Å². The van der Waals surface area contributed by atoms with Gasteiger partial charge in [-0.25, -0.2) is 0 Å². The third kappa shape index (κ3) is 7.04. The third-order valence-corrected chi connectivity index (χ3v) is 8.13. The molecule has 164 valence electrons. The summed E-state index contributed by atoms with van der Waals surface area (Å²) in [5, 5.41) is 0. The van der Waals surface area contributed by atoms with Gasteiger partial charge in [0.15, 0.2) is 0 Å². The Hall–Kier alpha value is -0.980. The Morgan fingerprint density at radius 1 is 0.828 bits per heavy atom. The maximum absolute atomic E-state index is 5.60. The molecular weight excluding hydrogens is 352 g/mol. The molecule has 0 heterocycles. The van der Waals surface area contributed by atoms with Crippen LogP contribution in [0, 0.1) is 23.7 Å². The lowest BCUT2D eigenvalue weighted by Crippen LogP contribution is -2.23. The quantitative estimate of drug-likeness (QED) is 0.358. The molecule has 1 heteroatoms. The minimum Gasteiger partial charge on any atom is -0.494 e. The Bertz CT molecular complexity index is 546. The SMILES string of the molecule is CCCCCC1CCC(C(C)CC2CCC(c3ccc(OCC)cc3)CC2)CC1. The molecule has 0 radical (unpaired) electrons. The number of benzene rings is 1. The van der Waals surface area contributed by atoms with Gasteiger partial charge in [-0.05, 0) is 99.2 Å². The molecule has 0 bridgehead atoms. The topological polar surface area (TPSA) is 9.23 Å². The molecule has 1 aromatic carbocycles. The largest absolute Gasteiger partial charge is 0.494 e. The standard InChI is InChI=1S/C28H46O/c1-4-6-7-8-23-9-13-25(14-10-23)22(3)21-24-11-15-26(16-12-24)27-17-19-28(20-18-27)29-5-2/h17-20,22-26H,4-16,21H2,1-3H3. The predicted molar refractivity (Wildman–Crippen MR) is 126 cm³/mol. The fourth-order valence-corrected chi connectivity index (χ4v) is 6.18. The second-order valence-electron chi connectivity index (χ2n) is 10.2. The number of hydrogen-bond donors (Lipinski definition) is 0. The number of unbranched alkanes of at least 4 members (excludes halogenated alkanes) is 2. The van der Waals surface area contributed by atoms with Gasteiger partial charge < -0.3 is 4.74 Å². The highest BCUT2D eigenvalue weighted by Gasteiger charge is 2.29. The Morgan fingerprint density at radius 3 is 2.10 bits per heavy atom. The molecule has 0 spiro atoms. The smallest absolute Gasteiger partial charge is 0.119 e. The molecule has 0 amide bonds. The van der Waals surface area contributed by atoms with Crippen LogP contribution in [0.25, 0.3) is 0 Å². The summed E-state index contributed by atoms with van der Waals surface area (Å²) in [6.45, 7) is 7.70. The van der Waals surface area contributed by atoms with Crippen molar-refractivity contribution in [3.05, 3.63) is 29.8 Å². The Labute approximate surface area is 181 Å². The molecule has 0 N–H and O–H groups in total. The summed E-state index contributed by atoms with van der Waals surface area (Å²) in [6.07, 6.45) is 19.0. The van der Waals surface area contributed by atoms with Gasteiger partial charge in [0.1, 0.15) is 5.75 Å². The van der Waals surface area contributed by atoms with Crippen molar-refractivity contribution in [1.29, 1.82) is 0 Å². The molecule has 2 saturated carbocycles. The van der Waals surface area contributed by atoms with Crippen molar-refractivity contribution in [3.8, 4) is 5.75 Å². The van der Waals surface area contributed by atoms with Gasteiger partial charge in [0.25, 0.3) is 0 Å². The summed E-state index contributed by atoms with van der Waals surface area (Å²) >= 11 is 0. The van der Waals surface area contributed by atoms with E-state index in [0.717, 1.165) is 41.9 Å². The number of rotatable bonds is 10. The molecule has 2 fully saturated rings. The Kier molecular flexibility index (Phi) is 9.40. The van der Waals surface area contributed by atoms with Gasteiger partial charge in [-0.2, -0.15) is 0 Å².